The van der Waals surface area contributed by atoms with Gasteiger partial charge in [-0.15, -0.1) is 11.3 Å². The molecule has 1 unspecified atom stereocenters. The molecular weight excluding hydrogens is 192 g/mol. The first kappa shape index (κ1) is 9.66. The molecule has 13 heavy (non-hydrogen) atoms. The second kappa shape index (κ2) is 3.99. The minimum Gasteiger partial charge on any atom is -0.474 e. The van der Waals surface area contributed by atoms with Gasteiger partial charge in [0.15, 0.2) is 0 Å². The van der Waals surface area contributed by atoms with Crippen molar-refractivity contribution in [2.75, 3.05) is 0 Å². The van der Waals surface area contributed by atoms with Crippen LogP contribution in [0.3, 0.4) is 0 Å². The molecule has 1 aromatic rings. The first-order valence-corrected chi connectivity index (χ1v) is 4.41. The van der Waals surface area contributed by atoms with E-state index in [1.807, 2.05) is 0 Å². The van der Waals surface area contributed by atoms with Gasteiger partial charge in [-0.2, -0.15) is 0 Å². The number of hydrogen-bond acceptors (Lipinski definition) is 4. The number of carbonyl (C=O) groups excluding carboxylic acids is 1. The summed E-state index contributed by atoms with van der Waals surface area (Å²) in [5.74, 6) is -2.47. The van der Waals surface area contributed by atoms with Gasteiger partial charge in [-0.1, -0.05) is 0 Å². The highest BCUT2D eigenvalue weighted by atomic mass is 32.1. The van der Waals surface area contributed by atoms with Crippen LogP contribution in [0.4, 0.5) is 0 Å². The Balaban J connectivity index is 2.56. The van der Waals surface area contributed by atoms with Crippen molar-refractivity contribution in [1.82, 2.24) is 10.3 Å². The van der Waals surface area contributed by atoms with Crippen LogP contribution in [0.25, 0.3) is 0 Å². The molecule has 0 aromatic carbocycles. The normalized spacial score (nSPS) is 12.1. The molecule has 0 aliphatic heterocycles. The zero-order valence-electron chi connectivity index (χ0n) is 6.85. The monoisotopic (exact) mass is 200 g/mol. The fourth-order valence-corrected chi connectivity index (χ4v) is 1.40. The van der Waals surface area contributed by atoms with Crippen LogP contribution in [0.15, 0.2) is 11.7 Å². The van der Waals surface area contributed by atoms with Gasteiger partial charge in [0.2, 0.25) is 0 Å². The number of rotatable bonds is 2. The molecule has 0 saturated carbocycles. The third kappa shape index (κ3) is 2.51. The molecule has 0 spiro atoms. The summed E-state index contributed by atoms with van der Waals surface area (Å²) in [6.07, 6.45) is 1.59. The van der Waals surface area contributed by atoms with Crippen LogP contribution in [-0.4, -0.2) is 22.0 Å². The van der Waals surface area contributed by atoms with Gasteiger partial charge in [0.25, 0.3) is 0 Å². The average molecular weight is 200 g/mol. The van der Waals surface area contributed by atoms with Gasteiger partial charge in [-0.05, 0) is 6.92 Å². The van der Waals surface area contributed by atoms with E-state index >= 15 is 0 Å². The molecule has 1 aromatic heterocycles. The van der Waals surface area contributed by atoms with Gasteiger partial charge in [-0.3, -0.25) is 9.78 Å². The van der Waals surface area contributed by atoms with E-state index in [2.05, 4.69) is 10.3 Å². The molecule has 1 amide bonds. The summed E-state index contributed by atoms with van der Waals surface area (Å²) in [6, 6.07) is -0.309. The van der Waals surface area contributed by atoms with Crippen molar-refractivity contribution in [1.29, 1.82) is 0 Å². The van der Waals surface area contributed by atoms with Crippen molar-refractivity contribution in [2.24, 2.45) is 0 Å². The molecule has 0 bridgehead atoms. The Labute approximate surface area is 78.4 Å². The molecule has 1 atom stereocenters. The number of aromatic nitrogens is 1. The van der Waals surface area contributed by atoms with Crippen LogP contribution >= 0.6 is 11.3 Å². The summed E-state index contributed by atoms with van der Waals surface area (Å²) in [4.78, 5) is 25.5. The van der Waals surface area contributed by atoms with Crippen molar-refractivity contribution in [2.45, 2.75) is 13.0 Å². The van der Waals surface area contributed by atoms with Crippen LogP contribution in [0.2, 0.25) is 0 Å². The van der Waals surface area contributed by atoms with Gasteiger partial charge in [-0.25, -0.2) is 4.79 Å². The number of thiazole rings is 1. The molecule has 6 heteroatoms. The van der Waals surface area contributed by atoms with Gasteiger partial charge in [0.1, 0.15) is 0 Å². The maximum Gasteiger partial charge on any atom is 0.394 e. The summed E-state index contributed by atoms with van der Waals surface area (Å²) in [5, 5.41) is 10.6. The van der Waals surface area contributed by atoms with Crippen LogP contribution < -0.4 is 5.32 Å². The number of carboxylic acid groups (broad SMARTS) is 1. The van der Waals surface area contributed by atoms with Gasteiger partial charge in [0, 0.05) is 11.1 Å². The molecule has 2 N–H and O–H groups in total. The second-order valence-electron chi connectivity index (χ2n) is 2.40. The van der Waals surface area contributed by atoms with E-state index < -0.39 is 11.9 Å². The molecular formula is C7H8N2O3S. The summed E-state index contributed by atoms with van der Waals surface area (Å²) in [5.41, 5.74) is 1.62. The predicted octanol–water partition coefficient (Wildman–Crippen LogP) is 0.405. The van der Waals surface area contributed by atoms with E-state index in [1.54, 1.807) is 18.6 Å². The Morgan fingerprint density at radius 1 is 1.69 bits per heavy atom. The van der Waals surface area contributed by atoms with E-state index in [4.69, 9.17) is 5.11 Å². The molecule has 5 nitrogen and oxygen atoms in total. The number of nitrogens with zero attached hydrogens (tertiary/aromatic N) is 1. The quantitative estimate of drug-likeness (QED) is 0.677. The first-order chi connectivity index (χ1) is 6.11. The number of carboxylic acids is 1. The Hall–Kier alpha value is -1.43. The van der Waals surface area contributed by atoms with Crippen LogP contribution in [0.1, 0.15) is 17.8 Å². The smallest absolute Gasteiger partial charge is 0.394 e. The Bertz CT molecular complexity index is 310. The summed E-state index contributed by atoms with van der Waals surface area (Å²) in [7, 11) is 0. The molecule has 0 radical (unpaired) electrons. The lowest BCUT2D eigenvalue weighted by atomic mass is 10.3. The second-order valence-corrected chi connectivity index (χ2v) is 3.32. The SMILES string of the molecule is CC(NC(=O)C(=O)O)c1cncs1. The highest BCUT2D eigenvalue weighted by molar-refractivity contribution is 7.09. The molecule has 1 rings (SSSR count). The fraction of sp³-hybridized carbons (Fsp3) is 0.286. The van der Waals surface area contributed by atoms with Crippen molar-refractivity contribution >= 4 is 23.2 Å². The summed E-state index contributed by atoms with van der Waals surface area (Å²) >= 11 is 1.37. The lowest BCUT2D eigenvalue weighted by Crippen LogP contribution is -2.32. The van der Waals surface area contributed by atoms with Crippen molar-refractivity contribution in [3.8, 4) is 0 Å². The van der Waals surface area contributed by atoms with Crippen LogP contribution in [0.5, 0.6) is 0 Å². The van der Waals surface area contributed by atoms with Crippen molar-refractivity contribution in [3.63, 3.8) is 0 Å². The number of amides is 1. The van der Waals surface area contributed by atoms with Crippen LogP contribution in [0, 0.1) is 0 Å². The highest BCUT2D eigenvalue weighted by Crippen LogP contribution is 2.15. The molecule has 0 saturated heterocycles. The maximum absolute atomic E-state index is 10.7. The third-order valence-electron chi connectivity index (χ3n) is 1.42. The average Bonchev–Trinajstić information content (AvgIpc) is 2.55. The molecule has 70 valence electrons. The summed E-state index contributed by atoms with van der Waals surface area (Å²) < 4.78 is 0. The lowest BCUT2D eigenvalue weighted by Gasteiger charge is -2.08. The minimum absolute atomic E-state index is 0.309. The Morgan fingerprint density at radius 3 is 2.85 bits per heavy atom. The zero-order valence-corrected chi connectivity index (χ0v) is 7.67. The van der Waals surface area contributed by atoms with E-state index in [0.717, 1.165) is 4.88 Å². The molecule has 0 aliphatic rings. The van der Waals surface area contributed by atoms with Gasteiger partial charge in [0.05, 0.1) is 11.6 Å². The largest absolute Gasteiger partial charge is 0.474 e. The standard InChI is InChI=1S/C7H8N2O3S/c1-4(5-2-8-3-13-5)9-6(10)7(11)12/h2-4H,1H3,(H,9,10)(H,11,12). The molecule has 0 fully saturated rings. The predicted molar refractivity (Wildman–Crippen MR) is 46.3 cm³/mol. The summed E-state index contributed by atoms with van der Waals surface area (Å²) in [6.45, 7) is 1.70. The molecule has 1 heterocycles. The van der Waals surface area contributed by atoms with E-state index in [9.17, 15) is 9.59 Å². The van der Waals surface area contributed by atoms with Crippen molar-refractivity contribution in [3.05, 3.63) is 16.6 Å². The lowest BCUT2D eigenvalue weighted by molar-refractivity contribution is -0.150. The van der Waals surface area contributed by atoms with Crippen LogP contribution in [-0.2, 0) is 9.59 Å². The Morgan fingerprint density at radius 2 is 2.38 bits per heavy atom. The van der Waals surface area contributed by atoms with Gasteiger partial charge >= 0.3 is 11.9 Å². The number of carbonyl (C=O) groups is 2. The first-order valence-electron chi connectivity index (χ1n) is 3.53. The van der Waals surface area contributed by atoms with E-state index in [1.165, 1.54) is 11.3 Å². The maximum atomic E-state index is 10.7. The number of aliphatic carboxylic acids is 1. The topological polar surface area (TPSA) is 79.3 Å². The zero-order chi connectivity index (χ0) is 9.84. The van der Waals surface area contributed by atoms with E-state index in [0.29, 0.717) is 0 Å². The Kier molecular flexibility index (Phi) is 2.97. The number of hydrogen-bond donors (Lipinski definition) is 2. The van der Waals surface area contributed by atoms with Crippen molar-refractivity contribution < 1.29 is 14.7 Å². The third-order valence-corrected chi connectivity index (χ3v) is 2.38. The van der Waals surface area contributed by atoms with E-state index in [-0.39, 0.29) is 6.04 Å². The fourth-order valence-electron chi connectivity index (χ4n) is 0.769. The van der Waals surface area contributed by atoms with Gasteiger partial charge < -0.3 is 10.4 Å². The molecule has 0 aliphatic carbocycles. The minimum atomic E-state index is -1.48. The number of nitrogens with one attached hydrogen (secondary N) is 1. The highest BCUT2D eigenvalue weighted by Gasteiger charge is 2.15.